The third-order valence-corrected chi connectivity index (χ3v) is 3.77. The zero-order valence-electron chi connectivity index (χ0n) is 9.91. The van der Waals surface area contributed by atoms with Crippen LogP contribution in [0.1, 0.15) is 31.2 Å². The Kier molecular flexibility index (Phi) is 3.97. The molecule has 1 aliphatic rings. The maximum absolute atomic E-state index is 5.91. The molecule has 0 atom stereocenters. The van der Waals surface area contributed by atoms with Gasteiger partial charge in [-0.1, -0.05) is 43.2 Å². The van der Waals surface area contributed by atoms with E-state index in [0.29, 0.717) is 5.41 Å². The van der Waals surface area contributed by atoms with Crippen molar-refractivity contribution in [2.75, 3.05) is 13.1 Å². The van der Waals surface area contributed by atoms with Crippen LogP contribution in [0.25, 0.3) is 0 Å². The highest BCUT2D eigenvalue weighted by molar-refractivity contribution is 5.14. The van der Waals surface area contributed by atoms with E-state index in [1.165, 1.54) is 31.2 Å². The molecule has 1 aromatic carbocycles. The molecule has 2 rings (SSSR count). The monoisotopic (exact) mass is 218 g/mol. The molecule has 16 heavy (non-hydrogen) atoms. The van der Waals surface area contributed by atoms with E-state index in [1.54, 1.807) is 0 Å². The van der Waals surface area contributed by atoms with E-state index in [-0.39, 0.29) is 0 Å². The summed E-state index contributed by atoms with van der Waals surface area (Å²) < 4.78 is 0. The molecule has 2 heteroatoms. The number of nitrogens with two attached hydrogens (primary N) is 1. The Labute approximate surface area is 98.2 Å². The van der Waals surface area contributed by atoms with E-state index in [1.807, 2.05) is 0 Å². The SMILES string of the molecule is NCC1(CNCc2ccccc2)CCCC1. The van der Waals surface area contributed by atoms with Gasteiger partial charge in [-0.3, -0.25) is 0 Å². The van der Waals surface area contributed by atoms with Crippen molar-refractivity contribution < 1.29 is 0 Å². The fourth-order valence-corrected chi connectivity index (χ4v) is 2.65. The number of nitrogens with one attached hydrogen (secondary N) is 1. The van der Waals surface area contributed by atoms with E-state index in [0.717, 1.165) is 19.6 Å². The average Bonchev–Trinajstić information content (AvgIpc) is 2.80. The zero-order chi connectivity index (χ0) is 11.3. The first-order valence-corrected chi connectivity index (χ1v) is 6.29. The maximum atomic E-state index is 5.91. The number of hydrogen-bond acceptors (Lipinski definition) is 2. The second-order valence-corrected chi connectivity index (χ2v) is 5.00. The highest BCUT2D eigenvalue weighted by Gasteiger charge is 2.31. The molecule has 2 nitrogen and oxygen atoms in total. The van der Waals surface area contributed by atoms with Crippen LogP contribution in [0.2, 0.25) is 0 Å². The summed E-state index contributed by atoms with van der Waals surface area (Å²) in [6, 6.07) is 10.6. The van der Waals surface area contributed by atoms with E-state index >= 15 is 0 Å². The van der Waals surface area contributed by atoms with E-state index < -0.39 is 0 Å². The Morgan fingerprint density at radius 3 is 2.44 bits per heavy atom. The van der Waals surface area contributed by atoms with Gasteiger partial charge in [0.2, 0.25) is 0 Å². The minimum absolute atomic E-state index is 0.384. The third kappa shape index (κ3) is 2.83. The largest absolute Gasteiger partial charge is 0.330 e. The fourth-order valence-electron chi connectivity index (χ4n) is 2.65. The molecule has 0 saturated heterocycles. The molecule has 0 amide bonds. The van der Waals surface area contributed by atoms with Gasteiger partial charge in [0.15, 0.2) is 0 Å². The molecule has 1 aromatic rings. The van der Waals surface area contributed by atoms with Gasteiger partial charge in [-0.15, -0.1) is 0 Å². The molecule has 1 aliphatic carbocycles. The molecule has 0 spiro atoms. The smallest absolute Gasteiger partial charge is 0.0205 e. The molecule has 1 fully saturated rings. The van der Waals surface area contributed by atoms with Gasteiger partial charge >= 0.3 is 0 Å². The lowest BCUT2D eigenvalue weighted by molar-refractivity contribution is 0.290. The number of rotatable bonds is 5. The molecule has 88 valence electrons. The quantitative estimate of drug-likeness (QED) is 0.796. The molecule has 0 unspecified atom stereocenters. The highest BCUT2D eigenvalue weighted by Crippen LogP contribution is 2.36. The van der Waals surface area contributed by atoms with Gasteiger partial charge in [0.05, 0.1) is 0 Å². The first-order valence-electron chi connectivity index (χ1n) is 6.29. The van der Waals surface area contributed by atoms with Crippen molar-refractivity contribution in [1.29, 1.82) is 0 Å². The summed E-state index contributed by atoms with van der Waals surface area (Å²) in [4.78, 5) is 0. The molecule has 3 N–H and O–H groups in total. The van der Waals surface area contributed by atoms with Gasteiger partial charge in [-0.05, 0) is 30.4 Å². The van der Waals surface area contributed by atoms with Crippen LogP contribution in [0, 0.1) is 5.41 Å². The first-order chi connectivity index (χ1) is 7.85. The average molecular weight is 218 g/mol. The van der Waals surface area contributed by atoms with Crippen LogP contribution >= 0.6 is 0 Å². The van der Waals surface area contributed by atoms with Crippen molar-refractivity contribution in [2.24, 2.45) is 11.1 Å². The summed E-state index contributed by atoms with van der Waals surface area (Å²) in [6.45, 7) is 2.86. The number of hydrogen-bond donors (Lipinski definition) is 2. The van der Waals surface area contributed by atoms with E-state index in [4.69, 9.17) is 5.73 Å². The molecule has 0 heterocycles. The summed E-state index contributed by atoms with van der Waals surface area (Å²) in [6.07, 6.45) is 5.30. The summed E-state index contributed by atoms with van der Waals surface area (Å²) in [5.41, 5.74) is 7.65. The second-order valence-electron chi connectivity index (χ2n) is 5.00. The lowest BCUT2D eigenvalue weighted by Crippen LogP contribution is -2.38. The zero-order valence-corrected chi connectivity index (χ0v) is 9.91. The minimum atomic E-state index is 0.384. The van der Waals surface area contributed by atoms with Crippen LogP contribution in [0.3, 0.4) is 0 Å². The Hall–Kier alpha value is -0.860. The molecular weight excluding hydrogens is 196 g/mol. The van der Waals surface area contributed by atoms with Crippen LogP contribution in [-0.2, 0) is 6.54 Å². The van der Waals surface area contributed by atoms with Gasteiger partial charge in [0.25, 0.3) is 0 Å². The van der Waals surface area contributed by atoms with Gasteiger partial charge < -0.3 is 11.1 Å². The highest BCUT2D eigenvalue weighted by atomic mass is 14.9. The maximum Gasteiger partial charge on any atom is 0.0205 e. The number of benzene rings is 1. The summed E-state index contributed by atoms with van der Waals surface area (Å²) in [5.74, 6) is 0. The van der Waals surface area contributed by atoms with Crippen LogP contribution in [0.4, 0.5) is 0 Å². The molecule has 1 saturated carbocycles. The van der Waals surface area contributed by atoms with Crippen LogP contribution in [0.15, 0.2) is 30.3 Å². The van der Waals surface area contributed by atoms with E-state index in [9.17, 15) is 0 Å². The van der Waals surface area contributed by atoms with Crippen molar-refractivity contribution in [2.45, 2.75) is 32.2 Å². The third-order valence-electron chi connectivity index (χ3n) is 3.77. The van der Waals surface area contributed by atoms with Crippen molar-refractivity contribution in [1.82, 2.24) is 5.32 Å². The van der Waals surface area contributed by atoms with Gasteiger partial charge in [-0.25, -0.2) is 0 Å². The van der Waals surface area contributed by atoms with Crippen molar-refractivity contribution in [3.05, 3.63) is 35.9 Å². The Balaban J connectivity index is 1.79. The second kappa shape index (κ2) is 5.46. The van der Waals surface area contributed by atoms with Crippen molar-refractivity contribution in [3.8, 4) is 0 Å². The van der Waals surface area contributed by atoms with E-state index in [2.05, 4.69) is 35.6 Å². The van der Waals surface area contributed by atoms with Crippen LogP contribution in [-0.4, -0.2) is 13.1 Å². The van der Waals surface area contributed by atoms with Gasteiger partial charge in [0, 0.05) is 13.1 Å². The predicted octanol–water partition coefficient (Wildman–Crippen LogP) is 2.30. The first kappa shape index (κ1) is 11.6. The van der Waals surface area contributed by atoms with Gasteiger partial charge in [-0.2, -0.15) is 0 Å². The standard InChI is InChI=1S/C14H22N2/c15-11-14(8-4-5-9-14)12-16-10-13-6-2-1-3-7-13/h1-3,6-7,16H,4-5,8-12,15H2. The topological polar surface area (TPSA) is 38.0 Å². The van der Waals surface area contributed by atoms with Crippen molar-refractivity contribution >= 4 is 0 Å². The van der Waals surface area contributed by atoms with Crippen molar-refractivity contribution in [3.63, 3.8) is 0 Å². The molecule has 0 bridgehead atoms. The summed E-state index contributed by atoms with van der Waals surface area (Å²) in [5, 5.41) is 3.56. The van der Waals surface area contributed by atoms with Crippen LogP contribution < -0.4 is 11.1 Å². The normalized spacial score (nSPS) is 18.8. The Bertz CT molecular complexity index is 302. The molecule has 0 radical (unpaired) electrons. The Morgan fingerprint density at radius 1 is 1.12 bits per heavy atom. The fraction of sp³-hybridized carbons (Fsp3) is 0.571. The Morgan fingerprint density at radius 2 is 1.81 bits per heavy atom. The molecular formula is C14H22N2. The lowest BCUT2D eigenvalue weighted by atomic mass is 9.86. The van der Waals surface area contributed by atoms with Crippen LogP contribution in [0.5, 0.6) is 0 Å². The predicted molar refractivity (Wildman–Crippen MR) is 68.1 cm³/mol. The summed E-state index contributed by atoms with van der Waals surface area (Å²) in [7, 11) is 0. The summed E-state index contributed by atoms with van der Waals surface area (Å²) >= 11 is 0. The lowest BCUT2D eigenvalue weighted by Gasteiger charge is -2.27. The molecule has 0 aromatic heterocycles. The molecule has 0 aliphatic heterocycles. The van der Waals surface area contributed by atoms with Gasteiger partial charge in [0.1, 0.15) is 0 Å². The minimum Gasteiger partial charge on any atom is -0.330 e.